The van der Waals surface area contributed by atoms with Crippen molar-refractivity contribution in [2.24, 2.45) is 7.05 Å². The van der Waals surface area contributed by atoms with Gasteiger partial charge in [0, 0.05) is 18.8 Å². The summed E-state index contributed by atoms with van der Waals surface area (Å²) < 4.78 is 1.58. The topological polar surface area (TPSA) is 67.2 Å². The summed E-state index contributed by atoms with van der Waals surface area (Å²) in [6.07, 6.45) is 5.00. The Kier molecular flexibility index (Phi) is 4.71. The van der Waals surface area contributed by atoms with Crippen molar-refractivity contribution in [3.05, 3.63) is 52.8 Å². The highest BCUT2D eigenvalue weighted by atomic mass is 16.3. The summed E-state index contributed by atoms with van der Waals surface area (Å²) in [5.74, 6) is 0.0883. The van der Waals surface area contributed by atoms with E-state index in [0.29, 0.717) is 11.5 Å². The van der Waals surface area contributed by atoms with Crippen LogP contribution in [0.2, 0.25) is 0 Å². The maximum absolute atomic E-state index is 12.5. The number of fused-ring (bicyclic) bond motifs is 1. The SMILES string of the molecule is CC(C)c1ccc2c(c1)[C@H](NC(=O)[C@@H](O)c1cnn(C)c1)CCC2. The van der Waals surface area contributed by atoms with Crippen LogP contribution in [0.25, 0.3) is 0 Å². The van der Waals surface area contributed by atoms with Gasteiger partial charge in [0.15, 0.2) is 6.10 Å². The monoisotopic (exact) mass is 327 g/mol. The molecule has 0 bridgehead atoms. The molecule has 5 nitrogen and oxygen atoms in total. The van der Waals surface area contributed by atoms with Gasteiger partial charge in [0.25, 0.3) is 5.91 Å². The molecule has 0 saturated carbocycles. The zero-order valence-corrected chi connectivity index (χ0v) is 14.5. The number of hydrogen-bond acceptors (Lipinski definition) is 3. The lowest BCUT2D eigenvalue weighted by molar-refractivity contribution is -0.130. The van der Waals surface area contributed by atoms with Crippen molar-refractivity contribution in [1.82, 2.24) is 15.1 Å². The molecule has 1 aliphatic rings. The van der Waals surface area contributed by atoms with Crippen LogP contribution in [0.3, 0.4) is 0 Å². The number of nitrogens with one attached hydrogen (secondary N) is 1. The number of rotatable bonds is 4. The largest absolute Gasteiger partial charge is 0.378 e. The van der Waals surface area contributed by atoms with Crippen LogP contribution in [-0.2, 0) is 18.3 Å². The van der Waals surface area contributed by atoms with Gasteiger partial charge in [0.05, 0.1) is 12.2 Å². The Labute approximate surface area is 142 Å². The Morgan fingerprint density at radius 3 is 2.83 bits per heavy atom. The molecule has 0 spiro atoms. The second-order valence-corrected chi connectivity index (χ2v) is 6.92. The summed E-state index contributed by atoms with van der Waals surface area (Å²) in [6, 6.07) is 6.53. The summed E-state index contributed by atoms with van der Waals surface area (Å²) in [7, 11) is 1.76. The summed E-state index contributed by atoms with van der Waals surface area (Å²) in [4.78, 5) is 12.5. The standard InChI is InChI=1S/C19H25N3O2/c1-12(2)14-8-7-13-5-4-6-17(16(13)9-14)21-19(24)18(23)15-10-20-22(3)11-15/h7-12,17-18,23H,4-6H2,1-3H3,(H,21,24)/t17-,18+/m1/s1. The Morgan fingerprint density at radius 2 is 2.17 bits per heavy atom. The lowest BCUT2D eigenvalue weighted by Crippen LogP contribution is -2.34. The second-order valence-electron chi connectivity index (χ2n) is 6.92. The Balaban J connectivity index is 1.79. The number of hydrogen-bond donors (Lipinski definition) is 2. The van der Waals surface area contributed by atoms with E-state index >= 15 is 0 Å². The van der Waals surface area contributed by atoms with E-state index in [1.165, 1.54) is 22.9 Å². The first kappa shape index (κ1) is 16.7. The predicted molar refractivity (Wildman–Crippen MR) is 92.5 cm³/mol. The van der Waals surface area contributed by atoms with Crippen LogP contribution in [0, 0.1) is 0 Å². The van der Waals surface area contributed by atoms with E-state index in [0.717, 1.165) is 19.3 Å². The quantitative estimate of drug-likeness (QED) is 0.907. The highest BCUT2D eigenvalue weighted by molar-refractivity contribution is 5.82. The van der Waals surface area contributed by atoms with Gasteiger partial charge in [0.1, 0.15) is 0 Å². The fraction of sp³-hybridized carbons (Fsp3) is 0.474. The van der Waals surface area contributed by atoms with Crippen LogP contribution in [0.4, 0.5) is 0 Å². The zero-order chi connectivity index (χ0) is 17.3. The number of nitrogens with zero attached hydrogens (tertiary/aromatic N) is 2. The Morgan fingerprint density at radius 1 is 1.38 bits per heavy atom. The van der Waals surface area contributed by atoms with E-state index in [2.05, 4.69) is 42.5 Å². The van der Waals surface area contributed by atoms with Gasteiger partial charge in [-0.05, 0) is 41.9 Å². The van der Waals surface area contributed by atoms with Crippen LogP contribution >= 0.6 is 0 Å². The van der Waals surface area contributed by atoms with Crippen molar-refractivity contribution in [2.45, 2.75) is 51.2 Å². The van der Waals surface area contributed by atoms with Crippen molar-refractivity contribution in [3.8, 4) is 0 Å². The molecule has 2 aromatic rings. The highest BCUT2D eigenvalue weighted by Gasteiger charge is 2.26. The molecule has 2 N–H and O–H groups in total. The number of aryl methyl sites for hydroxylation is 2. The molecule has 1 aliphatic carbocycles. The van der Waals surface area contributed by atoms with Crippen LogP contribution < -0.4 is 5.32 Å². The summed E-state index contributed by atoms with van der Waals surface area (Å²) >= 11 is 0. The van der Waals surface area contributed by atoms with E-state index < -0.39 is 6.10 Å². The molecule has 1 heterocycles. The minimum atomic E-state index is -1.18. The number of benzene rings is 1. The van der Waals surface area contributed by atoms with E-state index in [1.807, 2.05) is 0 Å². The molecule has 128 valence electrons. The number of carbonyl (C=O) groups excluding carboxylic acids is 1. The molecule has 0 unspecified atom stereocenters. The molecule has 1 amide bonds. The summed E-state index contributed by atoms with van der Waals surface area (Å²) in [5, 5.41) is 17.3. The number of aromatic nitrogens is 2. The van der Waals surface area contributed by atoms with Crippen LogP contribution in [0.5, 0.6) is 0 Å². The lowest BCUT2D eigenvalue weighted by atomic mass is 9.85. The lowest BCUT2D eigenvalue weighted by Gasteiger charge is -2.28. The maximum atomic E-state index is 12.5. The van der Waals surface area contributed by atoms with Gasteiger partial charge >= 0.3 is 0 Å². The fourth-order valence-corrected chi connectivity index (χ4v) is 3.31. The minimum absolute atomic E-state index is 0.0359. The molecule has 0 fully saturated rings. The third kappa shape index (κ3) is 3.36. The third-order valence-electron chi connectivity index (χ3n) is 4.76. The number of carbonyl (C=O) groups is 1. The first-order valence-electron chi connectivity index (χ1n) is 8.55. The normalized spacial score (nSPS) is 18.3. The Bertz CT molecular complexity index is 736. The molecule has 3 rings (SSSR count). The van der Waals surface area contributed by atoms with Crippen molar-refractivity contribution in [1.29, 1.82) is 0 Å². The smallest absolute Gasteiger partial charge is 0.254 e. The second kappa shape index (κ2) is 6.77. The number of amides is 1. The van der Waals surface area contributed by atoms with Crippen molar-refractivity contribution in [2.75, 3.05) is 0 Å². The first-order chi connectivity index (χ1) is 11.5. The molecule has 24 heavy (non-hydrogen) atoms. The molecule has 0 aliphatic heterocycles. The van der Waals surface area contributed by atoms with E-state index in [4.69, 9.17) is 0 Å². The molecule has 0 saturated heterocycles. The van der Waals surface area contributed by atoms with Gasteiger partial charge in [-0.25, -0.2) is 0 Å². The predicted octanol–water partition coefficient (Wildman–Crippen LogP) is 2.77. The number of aliphatic hydroxyl groups excluding tert-OH is 1. The Hall–Kier alpha value is -2.14. The molecular weight excluding hydrogens is 302 g/mol. The van der Waals surface area contributed by atoms with E-state index in [1.54, 1.807) is 17.9 Å². The molecule has 2 atom stereocenters. The average molecular weight is 327 g/mol. The third-order valence-corrected chi connectivity index (χ3v) is 4.76. The zero-order valence-electron chi connectivity index (χ0n) is 14.5. The first-order valence-corrected chi connectivity index (χ1v) is 8.55. The van der Waals surface area contributed by atoms with Gasteiger partial charge in [-0.1, -0.05) is 32.0 Å². The minimum Gasteiger partial charge on any atom is -0.378 e. The molecule has 5 heteroatoms. The number of aliphatic hydroxyl groups is 1. The van der Waals surface area contributed by atoms with Gasteiger partial charge in [-0.2, -0.15) is 5.10 Å². The molecule has 1 aromatic heterocycles. The van der Waals surface area contributed by atoms with Crippen molar-refractivity contribution >= 4 is 5.91 Å². The van der Waals surface area contributed by atoms with Crippen LogP contribution in [-0.4, -0.2) is 20.8 Å². The van der Waals surface area contributed by atoms with E-state index in [9.17, 15) is 9.90 Å². The van der Waals surface area contributed by atoms with E-state index in [-0.39, 0.29) is 11.9 Å². The summed E-state index contributed by atoms with van der Waals surface area (Å²) in [5.41, 5.74) is 4.29. The average Bonchev–Trinajstić information content (AvgIpc) is 3.00. The van der Waals surface area contributed by atoms with Crippen LogP contribution in [0.1, 0.15) is 67.0 Å². The van der Waals surface area contributed by atoms with Gasteiger partial charge < -0.3 is 10.4 Å². The molecule has 0 radical (unpaired) electrons. The molecular formula is C19H25N3O2. The van der Waals surface area contributed by atoms with Gasteiger partial charge in [0.2, 0.25) is 0 Å². The van der Waals surface area contributed by atoms with Gasteiger partial charge in [-0.15, -0.1) is 0 Å². The maximum Gasteiger partial charge on any atom is 0.254 e. The molecule has 1 aromatic carbocycles. The van der Waals surface area contributed by atoms with Crippen LogP contribution in [0.15, 0.2) is 30.6 Å². The summed E-state index contributed by atoms with van der Waals surface area (Å²) in [6.45, 7) is 4.34. The van der Waals surface area contributed by atoms with Crippen molar-refractivity contribution < 1.29 is 9.90 Å². The highest BCUT2D eigenvalue weighted by Crippen LogP contribution is 2.32. The van der Waals surface area contributed by atoms with Gasteiger partial charge in [-0.3, -0.25) is 9.48 Å². The fourth-order valence-electron chi connectivity index (χ4n) is 3.31. The van der Waals surface area contributed by atoms with Crippen molar-refractivity contribution in [3.63, 3.8) is 0 Å².